The Labute approximate surface area is 131 Å². The maximum absolute atomic E-state index is 11.9. The van der Waals surface area contributed by atoms with E-state index in [0.717, 1.165) is 5.56 Å². The average Bonchev–Trinajstić information content (AvgIpc) is 2.58. The molecule has 0 unspecified atom stereocenters. The van der Waals surface area contributed by atoms with E-state index in [4.69, 9.17) is 14.2 Å². The predicted molar refractivity (Wildman–Crippen MR) is 79.4 cm³/mol. The third-order valence-corrected chi connectivity index (χ3v) is 5.43. The van der Waals surface area contributed by atoms with Gasteiger partial charge in [0.25, 0.3) is 0 Å². The molecule has 2 aliphatic heterocycles. The number of benzene rings is 1. The lowest BCUT2D eigenvalue weighted by molar-refractivity contribution is -0.318. The molecule has 0 amide bonds. The van der Waals surface area contributed by atoms with Crippen LogP contribution < -0.4 is 0 Å². The normalized spacial score (nSPS) is 40.0. The van der Waals surface area contributed by atoms with Gasteiger partial charge in [0.05, 0.1) is 17.4 Å². The minimum absolute atomic E-state index is 0.214. The molecule has 6 nitrogen and oxygen atoms in total. The summed E-state index contributed by atoms with van der Waals surface area (Å²) in [5, 5.41) is 20.5. The monoisotopic (exact) mass is 328 g/mol. The molecule has 2 aliphatic rings. The number of fused-ring (bicyclic) bond motifs is 1. The first-order valence-electron chi connectivity index (χ1n) is 7.32. The van der Waals surface area contributed by atoms with Crippen LogP contribution in [0.4, 0.5) is 0 Å². The lowest BCUT2D eigenvalue weighted by Gasteiger charge is -2.46. The third-order valence-electron chi connectivity index (χ3n) is 3.95. The van der Waals surface area contributed by atoms with Crippen LogP contribution in [0.1, 0.15) is 18.8 Å². The molecule has 122 valence electrons. The zero-order chi connectivity index (χ0) is 15.7. The summed E-state index contributed by atoms with van der Waals surface area (Å²) in [6.45, 7) is 1.95. The molecule has 22 heavy (non-hydrogen) atoms. The highest BCUT2D eigenvalue weighted by molar-refractivity contribution is 7.85. The van der Waals surface area contributed by atoms with Crippen LogP contribution in [0, 0.1) is 0 Å². The third kappa shape index (κ3) is 2.97. The van der Waals surface area contributed by atoms with Crippen molar-refractivity contribution in [3.63, 3.8) is 0 Å². The number of hydrogen-bond acceptors (Lipinski definition) is 6. The summed E-state index contributed by atoms with van der Waals surface area (Å²) in [5.41, 5.74) is -0.0800. The van der Waals surface area contributed by atoms with Crippen LogP contribution in [0.25, 0.3) is 0 Å². The van der Waals surface area contributed by atoms with E-state index in [1.54, 1.807) is 6.92 Å². The first-order chi connectivity index (χ1) is 10.6. The van der Waals surface area contributed by atoms with Gasteiger partial charge in [-0.15, -0.1) is 0 Å². The first-order valence-corrected chi connectivity index (χ1v) is 8.70. The Kier molecular flexibility index (Phi) is 4.91. The summed E-state index contributed by atoms with van der Waals surface area (Å²) < 4.78 is 29.0. The number of aliphatic hydroxyl groups excluding tert-OH is 2. The minimum Gasteiger partial charge on any atom is -0.387 e. The van der Waals surface area contributed by atoms with Crippen molar-refractivity contribution >= 4 is 10.8 Å². The summed E-state index contributed by atoms with van der Waals surface area (Å²) >= 11 is 0. The lowest BCUT2D eigenvalue weighted by atomic mass is 9.99. The molecule has 7 atom stereocenters. The molecule has 0 aliphatic carbocycles. The fourth-order valence-corrected chi connectivity index (χ4v) is 3.81. The van der Waals surface area contributed by atoms with Crippen molar-refractivity contribution in [1.82, 2.24) is 0 Å². The van der Waals surface area contributed by atoms with E-state index in [1.165, 1.54) is 0 Å². The number of rotatable bonds is 3. The van der Waals surface area contributed by atoms with Crippen LogP contribution >= 0.6 is 0 Å². The predicted octanol–water partition coefficient (Wildman–Crippen LogP) is 0.316. The van der Waals surface area contributed by atoms with Gasteiger partial charge in [-0.1, -0.05) is 37.3 Å². The molecule has 2 heterocycles. The highest BCUT2D eigenvalue weighted by atomic mass is 32.2. The molecule has 1 aromatic rings. The average molecular weight is 328 g/mol. The van der Waals surface area contributed by atoms with Crippen LogP contribution in [0.3, 0.4) is 0 Å². The quantitative estimate of drug-likeness (QED) is 0.831. The van der Waals surface area contributed by atoms with Crippen molar-refractivity contribution in [2.24, 2.45) is 0 Å². The number of hydrogen-bond donors (Lipinski definition) is 2. The van der Waals surface area contributed by atoms with E-state index in [2.05, 4.69) is 0 Å². The molecule has 0 radical (unpaired) electrons. The summed E-state index contributed by atoms with van der Waals surface area (Å²) in [5.74, 6) is 0.347. The molecule has 2 fully saturated rings. The Bertz CT molecular complexity index is 522. The molecular formula is C15H20O6S. The number of aliphatic hydroxyl groups is 2. The van der Waals surface area contributed by atoms with Gasteiger partial charge in [-0.05, 0) is 0 Å². The van der Waals surface area contributed by atoms with Crippen molar-refractivity contribution in [3.8, 4) is 0 Å². The molecule has 3 rings (SSSR count). The van der Waals surface area contributed by atoms with Gasteiger partial charge in [0.2, 0.25) is 0 Å². The van der Waals surface area contributed by atoms with Gasteiger partial charge in [0.15, 0.2) is 11.7 Å². The van der Waals surface area contributed by atoms with E-state index in [-0.39, 0.29) is 6.61 Å². The fourth-order valence-electron chi connectivity index (χ4n) is 2.74. The summed E-state index contributed by atoms with van der Waals surface area (Å²) in [7, 11) is -1.37. The molecule has 7 heteroatoms. The van der Waals surface area contributed by atoms with Crippen molar-refractivity contribution in [3.05, 3.63) is 35.9 Å². The Morgan fingerprint density at radius 2 is 1.91 bits per heavy atom. The highest BCUT2D eigenvalue weighted by Crippen LogP contribution is 2.34. The SMILES string of the molecule is CC[S@@](=O)[C@H]1O[C@@H]2CO[C@@H](c3ccccc3)O[C@H]2[C@H](O)[C@@H]1O. The highest BCUT2D eigenvalue weighted by Gasteiger charge is 2.50. The van der Waals surface area contributed by atoms with E-state index >= 15 is 0 Å². The zero-order valence-electron chi connectivity index (χ0n) is 12.2. The maximum Gasteiger partial charge on any atom is 0.184 e. The molecular weight excluding hydrogens is 308 g/mol. The van der Waals surface area contributed by atoms with Crippen LogP contribution in [-0.2, 0) is 25.0 Å². The van der Waals surface area contributed by atoms with Gasteiger partial charge < -0.3 is 24.4 Å². The second-order valence-electron chi connectivity index (χ2n) is 5.37. The van der Waals surface area contributed by atoms with Gasteiger partial charge in [-0.2, -0.15) is 0 Å². The Balaban J connectivity index is 1.74. The Morgan fingerprint density at radius 1 is 1.18 bits per heavy atom. The Hall–Kier alpha value is -0.830. The van der Waals surface area contributed by atoms with E-state index in [0.29, 0.717) is 5.75 Å². The van der Waals surface area contributed by atoms with E-state index < -0.39 is 46.9 Å². The molecule has 2 N–H and O–H groups in total. The standard InChI is InChI=1S/C15H20O6S/c1-2-22(18)15-12(17)11(16)13-10(20-15)8-19-14(21-13)9-6-4-3-5-7-9/h3-7,10-17H,2,8H2,1H3/t10-,11-,12+,13-,14-,15-,22-/m1/s1. The molecule has 1 aromatic carbocycles. The van der Waals surface area contributed by atoms with Crippen LogP contribution in [-0.4, -0.2) is 56.6 Å². The van der Waals surface area contributed by atoms with Gasteiger partial charge in [0.1, 0.15) is 24.4 Å². The zero-order valence-corrected chi connectivity index (χ0v) is 13.0. The second-order valence-corrected chi connectivity index (χ2v) is 7.17. The summed E-state index contributed by atoms with van der Waals surface area (Å²) in [4.78, 5) is 0. The van der Waals surface area contributed by atoms with Gasteiger partial charge in [0, 0.05) is 11.3 Å². The Morgan fingerprint density at radius 3 is 2.59 bits per heavy atom. The van der Waals surface area contributed by atoms with Gasteiger partial charge in [-0.3, -0.25) is 4.21 Å². The molecule has 2 saturated heterocycles. The van der Waals surface area contributed by atoms with Crippen molar-refractivity contribution in [2.75, 3.05) is 12.4 Å². The fraction of sp³-hybridized carbons (Fsp3) is 0.600. The van der Waals surface area contributed by atoms with Gasteiger partial charge in [-0.25, -0.2) is 0 Å². The lowest BCUT2D eigenvalue weighted by Crippen LogP contribution is -2.62. The van der Waals surface area contributed by atoms with Crippen molar-refractivity contribution in [1.29, 1.82) is 0 Å². The molecule has 0 bridgehead atoms. The first kappa shape index (κ1) is 16.0. The van der Waals surface area contributed by atoms with Crippen LogP contribution in [0.5, 0.6) is 0 Å². The largest absolute Gasteiger partial charge is 0.387 e. The topological polar surface area (TPSA) is 85.2 Å². The molecule has 0 spiro atoms. The van der Waals surface area contributed by atoms with Crippen LogP contribution in [0.15, 0.2) is 30.3 Å². The van der Waals surface area contributed by atoms with Crippen LogP contribution in [0.2, 0.25) is 0 Å². The smallest absolute Gasteiger partial charge is 0.184 e. The maximum atomic E-state index is 11.9. The van der Waals surface area contributed by atoms with Gasteiger partial charge >= 0.3 is 0 Å². The van der Waals surface area contributed by atoms with E-state index in [9.17, 15) is 14.4 Å². The number of ether oxygens (including phenoxy) is 3. The van der Waals surface area contributed by atoms with Crippen molar-refractivity contribution in [2.45, 2.75) is 43.1 Å². The molecule has 0 aromatic heterocycles. The van der Waals surface area contributed by atoms with E-state index in [1.807, 2.05) is 30.3 Å². The summed E-state index contributed by atoms with van der Waals surface area (Å²) in [6, 6.07) is 9.37. The summed E-state index contributed by atoms with van der Waals surface area (Å²) in [6.07, 6.45) is -4.26. The molecule has 0 saturated carbocycles. The van der Waals surface area contributed by atoms with Crippen molar-refractivity contribution < 1.29 is 28.6 Å². The minimum atomic E-state index is -1.37. The second kappa shape index (κ2) is 6.74.